The summed E-state index contributed by atoms with van der Waals surface area (Å²) in [6.07, 6.45) is 7.09. The molecule has 0 radical (unpaired) electrons. The number of carbonyl (C=O) groups is 2. The van der Waals surface area contributed by atoms with Gasteiger partial charge in [-0.15, -0.1) is 0 Å². The molecule has 0 saturated heterocycles. The Bertz CT molecular complexity index is 1110. The molecule has 33 heavy (non-hydrogen) atoms. The Hall–Kier alpha value is -1.64. The SMILES string of the molecule is CC(C)C1=C2C3=C(C[C@H]4C(C)(C)CCC[C@]4(C)C3=C(O)C1=O)C(=O)[C@@]21CC[C@]2(C(C)C)C[C@H]12. The van der Waals surface area contributed by atoms with Crippen molar-refractivity contribution in [3.8, 4) is 0 Å². The van der Waals surface area contributed by atoms with Gasteiger partial charge in [0.15, 0.2) is 11.5 Å². The molecule has 3 heteroatoms. The van der Waals surface area contributed by atoms with Crippen LogP contribution in [-0.2, 0) is 9.59 Å². The Balaban J connectivity index is 1.65. The predicted octanol–water partition coefficient (Wildman–Crippen LogP) is 6.89. The lowest BCUT2D eigenvalue weighted by Crippen LogP contribution is -2.47. The average Bonchev–Trinajstić information content (AvgIpc) is 3.31. The molecule has 3 fully saturated rings. The predicted molar refractivity (Wildman–Crippen MR) is 129 cm³/mol. The molecule has 3 nitrogen and oxygen atoms in total. The van der Waals surface area contributed by atoms with Crippen LogP contribution in [0.15, 0.2) is 33.6 Å². The number of hydrogen-bond acceptors (Lipinski definition) is 3. The molecular formula is C30H40O3. The third kappa shape index (κ3) is 2.24. The number of ketones is 2. The van der Waals surface area contributed by atoms with E-state index < -0.39 is 5.41 Å². The molecule has 0 unspecified atom stereocenters. The Morgan fingerprint density at radius 1 is 0.909 bits per heavy atom. The third-order valence-electron chi connectivity index (χ3n) is 11.5. The number of rotatable bonds is 2. The normalized spacial score (nSPS) is 43.2. The van der Waals surface area contributed by atoms with Crippen molar-refractivity contribution in [3.63, 3.8) is 0 Å². The number of Topliss-reactive ketones (excluding diaryl/α,β-unsaturated/α-hetero) is 2. The second kappa shape index (κ2) is 6.13. The van der Waals surface area contributed by atoms with Gasteiger partial charge in [0.25, 0.3) is 0 Å². The van der Waals surface area contributed by atoms with Crippen molar-refractivity contribution in [1.29, 1.82) is 0 Å². The van der Waals surface area contributed by atoms with Crippen LogP contribution >= 0.6 is 0 Å². The average molecular weight is 449 g/mol. The maximum atomic E-state index is 14.6. The van der Waals surface area contributed by atoms with Crippen molar-refractivity contribution in [3.05, 3.63) is 33.6 Å². The summed E-state index contributed by atoms with van der Waals surface area (Å²) in [5.74, 6) is 1.25. The molecule has 6 rings (SSSR count). The van der Waals surface area contributed by atoms with Crippen LogP contribution in [0.3, 0.4) is 0 Å². The van der Waals surface area contributed by atoms with E-state index in [1.807, 2.05) is 0 Å². The zero-order valence-electron chi connectivity index (χ0n) is 21.5. The van der Waals surface area contributed by atoms with Crippen LogP contribution in [0.4, 0.5) is 0 Å². The molecule has 0 aliphatic heterocycles. The van der Waals surface area contributed by atoms with E-state index in [0.717, 1.165) is 72.8 Å². The van der Waals surface area contributed by atoms with Gasteiger partial charge in [-0.25, -0.2) is 0 Å². The fourth-order valence-electron chi connectivity index (χ4n) is 9.79. The van der Waals surface area contributed by atoms with Gasteiger partial charge in [-0.1, -0.05) is 54.9 Å². The molecule has 0 aromatic heterocycles. The first-order valence-corrected chi connectivity index (χ1v) is 13.4. The first-order valence-electron chi connectivity index (χ1n) is 13.4. The van der Waals surface area contributed by atoms with Crippen LogP contribution in [0, 0.1) is 45.3 Å². The van der Waals surface area contributed by atoms with E-state index in [0.29, 0.717) is 17.6 Å². The highest BCUT2D eigenvalue weighted by molar-refractivity contribution is 6.18. The van der Waals surface area contributed by atoms with E-state index >= 15 is 0 Å². The second-order valence-electron chi connectivity index (χ2n) is 13.8. The molecule has 178 valence electrons. The monoisotopic (exact) mass is 448 g/mol. The highest BCUT2D eigenvalue weighted by atomic mass is 16.3. The minimum Gasteiger partial charge on any atom is -0.504 e. The molecular weight excluding hydrogens is 408 g/mol. The Kier molecular flexibility index (Phi) is 4.06. The molecule has 5 atom stereocenters. The van der Waals surface area contributed by atoms with E-state index in [1.165, 1.54) is 0 Å². The minimum absolute atomic E-state index is 0.00569. The van der Waals surface area contributed by atoms with Gasteiger partial charge in [0.1, 0.15) is 0 Å². The number of allylic oxidation sites excluding steroid dienone is 5. The van der Waals surface area contributed by atoms with Crippen molar-refractivity contribution >= 4 is 11.6 Å². The minimum atomic E-state index is -0.524. The number of fused-ring (bicyclic) bond motifs is 5. The Morgan fingerprint density at radius 2 is 1.61 bits per heavy atom. The molecule has 6 aliphatic rings. The molecule has 0 aromatic carbocycles. The summed E-state index contributed by atoms with van der Waals surface area (Å²) < 4.78 is 0. The summed E-state index contributed by atoms with van der Waals surface area (Å²) in [7, 11) is 0. The molecule has 0 bridgehead atoms. The van der Waals surface area contributed by atoms with Gasteiger partial charge in [0.2, 0.25) is 5.78 Å². The highest BCUT2D eigenvalue weighted by Crippen LogP contribution is 2.80. The highest BCUT2D eigenvalue weighted by Gasteiger charge is 2.76. The van der Waals surface area contributed by atoms with Crippen molar-refractivity contribution < 1.29 is 14.7 Å². The lowest BCUT2D eigenvalue weighted by molar-refractivity contribution is -0.123. The molecule has 6 aliphatic carbocycles. The van der Waals surface area contributed by atoms with E-state index in [9.17, 15) is 14.7 Å². The molecule has 0 heterocycles. The summed E-state index contributed by atoms with van der Waals surface area (Å²) in [6, 6.07) is 0. The second-order valence-corrected chi connectivity index (χ2v) is 13.8. The maximum absolute atomic E-state index is 14.6. The molecule has 0 amide bonds. The van der Waals surface area contributed by atoms with Crippen molar-refractivity contribution in [2.75, 3.05) is 0 Å². The lowest BCUT2D eigenvalue weighted by atomic mass is 9.48. The number of aliphatic hydroxyl groups is 1. The van der Waals surface area contributed by atoms with Gasteiger partial charge in [0.05, 0.1) is 5.41 Å². The van der Waals surface area contributed by atoms with Crippen LogP contribution in [-0.4, -0.2) is 16.7 Å². The fraction of sp³-hybridized carbons (Fsp3) is 0.733. The van der Waals surface area contributed by atoms with Crippen LogP contribution < -0.4 is 0 Å². The first-order chi connectivity index (χ1) is 15.3. The van der Waals surface area contributed by atoms with Gasteiger partial charge >= 0.3 is 0 Å². The van der Waals surface area contributed by atoms with Crippen LogP contribution in [0.5, 0.6) is 0 Å². The lowest BCUT2D eigenvalue weighted by Gasteiger charge is -2.55. The van der Waals surface area contributed by atoms with E-state index in [2.05, 4.69) is 48.5 Å². The number of carbonyl (C=O) groups excluding carboxylic acids is 2. The topological polar surface area (TPSA) is 54.4 Å². The molecule has 1 spiro atoms. The van der Waals surface area contributed by atoms with Crippen molar-refractivity contribution in [2.45, 2.75) is 93.4 Å². The molecule has 0 aromatic rings. The van der Waals surface area contributed by atoms with Crippen molar-refractivity contribution in [2.24, 2.45) is 45.3 Å². The summed E-state index contributed by atoms with van der Waals surface area (Å²) in [5.41, 5.74) is 4.20. The summed E-state index contributed by atoms with van der Waals surface area (Å²) in [6.45, 7) is 15.7. The number of aliphatic hydroxyl groups excluding tert-OH is 1. The first kappa shape index (κ1) is 21.9. The van der Waals surface area contributed by atoms with Crippen LogP contribution in [0.2, 0.25) is 0 Å². The Morgan fingerprint density at radius 3 is 2.18 bits per heavy atom. The Labute approximate surface area is 198 Å². The zero-order valence-corrected chi connectivity index (χ0v) is 21.5. The smallest absolute Gasteiger partial charge is 0.224 e. The fourth-order valence-corrected chi connectivity index (χ4v) is 9.79. The van der Waals surface area contributed by atoms with E-state index in [4.69, 9.17) is 0 Å². The standard InChI is InChI=1S/C30H40O3/c1-15(2)20-22-21-17(26(33)30(22)12-11-29(16(3)4)14-19(29)30)13-18-27(5,6)9-8-10-28(18,7)23(21)25(32)24(20)31/h15-16,18-19,32H,8-14H2,1-7H3/t18-,19-,28-,29+,30+/m0/s1. The zero-order chi connectivity index (χ0) is 23.9. The van der Waals surface area contributed by atoms with Gasteiger partial charge in [-0.05, 0) is 84.2 Å². The van der Waals surface area contributed by atoms with Crippen molar-refractivity contribution in [1.82, 2.24) is 0 Å². The number of hydrogen-bond donors (Lipinski definition) is 1. The van der Waals surface area contributed by atoms with E-state index in [1.54, 1.807) is 0 Å². The third-order valence-corrected chi connectivity index (χ3v) is 11.5. The van der Waals surface area contributed by atoms with Crippen LogP contribution in [0.25, 0.3) is 0 Å². The largest absolute Gasteiger partial charge is 0.504 e. The van der Waals surface area contributed by atoms with Crippen LogP contribution in [0.1, 0.15) is 93.4 Å². The van der Waals surface area contributed by atoms with Gasteiger partial charge < -0.3 is 5.11 Å². The summed E-state index contributed by atoms with van der Waals surface area (Å²) in [4.78, 5) is 28.4. The quantitative estimate of drug-likeness (QED) is 0.500. The van der Waals surface area contributed by atoms with E-state index in [-0.39, 0.29) is 39.6 Å². The van der Waals surface area contributed by atoms with Gasteiger partial charge in [-0.2, -0.15) is 0 Å². The summed E-state index contributed by atoms with van der Waals surface area (Å²) >= 11 is 0. The maximum Gasteiger partial charge on any atom is 0.224 e. The molecule has 3 saturated carbocycles. The molecule has 1 N–H and O–H groups in total. The van der Waals surface area contributed by atoms with Gasteiger partial charge in [0, 0.05) is 22.1 Å². The summed E-state index contributed by atoms with van der Waals surface area (Å²) in [5, 5.41) is 11.5. The van der Waals surface area contributed by atoms with Gasteiger partial charge in [-0.3, -0.25) is 9.59 Å².